The normalized spacial score (nSPS) is 57.9. The molecule has 0 aromatic rings. The molecule has 0 amide bonds. The Balaban J connectivity index is 1.65. The van der Waals surface area contributed by atoms with Crippen molar-refractivity contribution in [1.29, 1.82) is 0 Å². The Bertz CT molecular complexity index is 489. The van der Waals surface area contributed by atoms with Crippen LogP contribution in [0.5, 0.6) is 0 Å². The highest BCUT2D eigenvalue weighted by molar-refractivity contribution is 5.87. The van der Waals surface area contributed by atoms with Crippen molar-refractivity contribution in [3.05, 3.63) is 0 Å². The summed E-state index contributed by atoms with van der Waals surface area (Å²) in [4.78, 5) is 12.4. The topological polar surface area (TPSA) is 57.5 Å². The molecule has 4 saturated carbocycles. The van der Waals surface area contributed by atoms with E-state index in [2.05, 4.69) is 13.8 Å². The van der Waals surface area contributed by atoms with E-state index in [4.69, 9.17) is 0 Å². The molecule has 3 heteroatoms. The van der Waals surface area contributed by atoms with E-state index in [9.17, 15) is 15.0 Å². The fourth-order valence-corrected chi connectivity index (χ4v) is 7.05. The molecule has 0 bridgehead atoms. The first-order chi connectivity index (χ1) is 10.4. The monoisotopic (exact) mass is 306 g/mol. The zero-order valence-corrected chi connectivity index (χ0v) is 13.9. The highest BCUT2D eigenvalue weighted by Crippen LogP contribution is 2.65. The lowest BCUT2D eigenvalue weighted by Crippen LogP contribution is -2.56. The van der Waals surface area contributed by atoms with Gasteiger partial charge >= 0.3 is 0 Å². The predicted octanol–water partition coefficient (Wildman–Crippen LogP) is 2.93. The summed E-state index contributed by atoms with van der Waals surface area (Å²) in [6.45, 7) is 4.58. The van der Waals surface area contributed by atoms with Crippen LogP contribution in [0.4, 0.5) is 0 Å². The third-order valence-electron chi connectivity index (χ3n) is 8.39. The van der Waals surface area contributed by atoms with Crippen LogP contribution in [-0.2, 0) is 4.79 Å². The summed E-state index contributed by atoms with van der Waals surface area (Å²) in [7, 11) is 0. The van der Waals surface area contributed by atoms with Gasteiger partial charge in [-0.25, -0.2) is 0 Å². The van der Waals surface area contributed by atoms with Crippen LogP contribution in [0.3, 0.4) is 0 Å². The van der Waals surface area contributed by atoms with Gasteiger partial charge in [-0.1, -0.05) is 13.8 Å². The molecule has 0 spiro atoms. The minimum absolute atomic E-state index is 0.0584. The van der Waals surface area contributed by atoms with Crippen molar-refractivity contribution in [2.45, 2.75) is 77.4 Å². The molecule has 4 rings (SSSR count). The smallest absolute Gasteiger partial charge is 0.139 e. The standard InChI is InChI=1S/C19H30O3/c1-18-8-7-14-12(13(18)5-6-17(18)22)4-3-11-9-15(20)16(21)10-19(11,14)2/h11-16,20-21H,3-10H2,1-2H3/t11-,12?,13?,14?,15-,16+,18-,19-/m0/s1. The Morgan fingerprint density at radius 3 is 2.55 bits per heavy atom. The quantitative estimate of drug-likeness (QED) is 0.723. The van der Waals surface area contributed by atoms with Gasteiger partial charge in [0.15, 0.2) is 0 Å². The van der Waals surface area contributed by atoms with Crippen molar-refractivity contribution in [2.24, 2.45) is 34.5 Å². The van der Waals surface area contributed by atoms with Crippen LogP contribution in [0.1, 0.15) is 65.2 Å². The summed E-state index contributed by atoms with van der Waals surface area (Å²) < 4.78 is 0. The number of aliphatic hydroxyl groups is 2. The first kappa shape index (κ1) is 15.1. The molecule has 0 aromatic carbocycles. The molecule has 3 unspecified atom stereocenters. The Labute approximate surface area is 133 Å². The fourth-order valence-electron chi connectivity index (χ4n) is 7.05. The maximum Gasteiger partial charge on any atom is 0.139 e. The van der Waals surface area contributed by atoms with Gasteiger partial charge in [0.1, 0.15) is 5.78 Å². The summed E-state index contributed by atoms with van der Waals surface area (Å²) >= 11 is 0. The molecular weight excluding hydrogens is 276 g/mol. The Kier molecular flexibility index (Phi) is 3.30. The largest absolute Gasteiger partial charge is 0.390 e. The van der Waals surface area contributed by atoms with Gasteiger partial charge in [0.25, 0.3) is 0 Å². The average Bonchev–Trinajstić information content (AvgIpc) is 2.77. The van der Waals surface area contributed by atoms with Crippen molar-refractivity contribution in [3.8, 4) is 0 Å². The minimum atomic E-state index is -0.557. The third kappa shape index (κ3) is 1.84. The summed E-state index contributed by atoms with van der Waals surface area (Å²) in [5, 5.41) is 20.3. The van der Waals surface area contributed by atoms with Gasteiger partial charge in [-0.2, -0.15) is 0 Å². The summed E-state index contributed by atoms with van der Waals surface area (Å²) in [5.74, 6) is 2.92. The van der Waals surface area contributed by atoms with Crippen LogP contribution in [0.25, 0.3) is 0 Å². The first-order valence-electron chi connectivity index (χ1n) is 9.25. The molecule has 124 valence electrons. The molecule has 0 heterocycles. The number of hydrogen-bond donors (Lipinski definition) is 2. The number of carbonyl (C=O) groups excluding carboxylic acids is 1. The van der Waals surface area contributed by atoms with E-state index in [0.29, 0.717) is 29.5 Å². The molecule has 0 aromatic heterocycles. The third-order valence-corrected chi connectivity index (χ3v) is 8.39. The molecule has 4 aliphatic carbocycles. The van der Waals surface area contributed by atoms with E-state index in [1.165, 1.54) is 12.8 Å². The second-order valence-corrected chi connectivity index (χ2v) is 9.15. The first-order valence-corrected chi connectivity index (χ1v) is 9.25. The number of Topliss-reactive ketones (excluding diaryl/α,β-unsaturated/α-hetero) is 1. The molecule has 4 fully saturated rings. The predicted molar refractivity (Wildman–Crippen MR) is 84.1 cm³/mol. The number of fused-ring (bicyclic) bond motifs is 5. The molecule has 0 saturated heterocycles. The van der Waals surface area contributed by atoms with Crippen LogP contribution < -0.4 is 0 Å². The summed E-state index contributed by atoms with van der Waals surface area (Å²) in [6.07, 6.45) is 6.87. The van der Waals surface area contributed by atoms with Gasteiger partial charge in [-0.3, -0.25) is 4.79 Å². The van der Waals surface area contributed by atoms with E-state index in [1.54, 1.807) is 0 Å². The van der Waals surface area contributed by atoms with Crippen molar-refractivity contribution in [3.63, 3.8) is 0 Å². The highest BCUT2D eigenvalue weighted by atomic mass is 16.3. The number of rotatable bonds is 0. The number of aliphatic hydroxyl groups excluding tert-OH is 2. The average molecular weight is 306 g/mol. The highest BCUT2D eigenvalue weighted by Gasteiger charge is 2.60. The Hall–Kier alpha value is -0.410. The van der Waals surface area contributed by atoms with Crippen LogP contribution in [0, 0.1) is 34.5 Å². The van der Waals surface area contributed by atoms with Gasteiger partial charge in [0, 0.05) is 11.8 Å². The summed E-state index contributed by atoms with van der Waals surface area (Å²) in [5.41, 5.74) is 0.103. The van der Waals surface area contributed by atoms with Gasteiger partial charge in [-0.15, -0.1) is 0 Å². The van der Waals surface area contributed by atoms with Crippen molar-refractivity contribution >= 4 is 5.78 Å². The molecule has 2 N–H and O–H groups in total. The molecular formula is C19H30O3. The maximum absolute atomic E-state index is 12.4. The van der Waals surface area contributed by atoms with Crippen LogP contribution in [-0.4, -0.2) is 28.2 Å². The van der Waals surface area contributed by atoms with Crippen LogP contribution >= 0.6 is 0 Å². The van der Waals surface area contributed by atoms with E-state index < -0.39 is 12.2 Å². The molecule has 0 radical (unpaired) electrons. The minimum Gasteiger partial charge on any atom is -0.390 e. The summed E-state index contributed by atoms with van der Waals surface area (Å²) in [6, 6.07) is 0. The molecule has 0 aliphatic heterocycles. The fraction of sp³-hybridized carbons (Fsp3) is 0.947. The number of ketones is 1. The molecule has 22 heavy (non-hydrogen) atoms. The number of hydrogen-bond acceptors (Lipinski definition) is 3. The van der Waals surface area contributed by atoms with Gasteiger partial charge in [0.2, 0.25) is 0 Å². The van der Waals surface area contributed by atoms with E-state index in [1.807, 2.05) is 0 Å². The molecule has 4 aliphatic rings. The Morgan fingerprint density at radius 1 is 1.00 bits per heavy atom. The zero-order valence-electron chi connectivity index (χ0n) is 13.9. The van der Waals surface area contributed by atoms with Gasteiger partial charge in [-0.05, 0) is 74.0 Å². The van der Waals surface area contributed by atoms with E-state index in [-0.39, 0.29) is 10.8 Å². The maximum atomic E-state index is 12.4. The van der Waals surface area contributed by atoms with E-state index >= 15 is 0 Å². The lowest BCUT2D eigenvalue weighted by atomic mass is 9.45. The van der Waals surface area contributed by atoms with Gasteiger partial charge < -0.3 is 10.2 Å². The Morgan fingerprint density at radius 2 is 1.77 bits per heavy atom. The molecule has 3 nitrogen and oxygen atoms in total. The second kappa shape index (κ2) is 4.80. The zero-order chi connectivity index (χ0) is 15.7. The van der Waals surface area contributed by atoms with E-state index in [0.717, 1.165) is 38.5 Å². The number of carbonyl (C=O) groups is 1. The lowest BCUT2D eigenvalue weighted by Gasteiger charge is -2.60. The lowest BCUT2D eigenvalue weighted by molar-refractivity contribution is -0.160. The van der Waals surface area contributed by atoms with Crippen molar-refractivity contribution < 1.29 is 15.0 Å². The van der Waals surface area contributed by atoms with Crippen molar-refractivity contribution in [2.75, 3.05) is 0 Å². The van der Waals surface area contributed by atoms with Crippen LogP contribution in [0.2, 0.25) is 0 Å². The van der Waals surface area contributed by atoms with Crippen molar-refractivity contribution in [1.82, 2.24) is 0 Å². The molecule has 8 atom stereocenters. The van der Waals surface area contributed by atoms with Crippen LogP contribution in [0.15, 0.2) is 0 Å². The second-order valence-electron chi connectivity index (χ2n) is 9.15. The SMILES string of the molecule is C[C@]12CCC3C(CC[C@H]4C[C@H](O)[C@H](O)C[C@]34C)C1CCC2=O. The van der Waals surface area contributed by atoms with Gasteiger partial charge in [0.05, 0.1) is 12.2 Å².